The van der Waals surface area contributed by atoms with Crippen molar-refractivity contribution in [3.63, 3.8) is 0 Å². The highest BCUT2D eigenvalue weighted by Crippen LogP contribution is 2.20. The van der Waals surface area contributed by atoms with E-state index in [0.29, 0.717) is 0 Å². The van der Waals surface area contributed by atoms with E-state index < -0.39 is 29.3 Å². The number of hydrogen-bond acceptors (Lipinski definition) is 3. The van der Waals surface area contributed by atoms with Gasteiger partial charge in [0.1, 0.15) is 0 Å². The van der Waals surface area contributed by atoms with Crippen LogP contribution in [-0.2, 0) is 11.4 Å². The lowest BCUT2D eigenvalue weighted by Gasteiger charge is -2.13. The Hall–Kier alpha value is 0.945. The van der Waals surface area contributed by atoms with E-state index in [1.54, 1.807) is 35.1 Å². The number of rotatable bonds is 36. The summed E-state index contributed by atoms with van der Waals surface area (Å²) in [6.07, 6.45) is 37.5. The van der Waals surface area contributed by atoms with E-state index in [1.165, 1.54) is 135 Å². The van der Waals surface area contributed by atoms with Gasteiger partial charge in [0, 0.05) is 19.8 Å². The molecule has 0 aromatic rings. The van der Waals surface area contributed by atoms with Crippen LogP contribution in [0.4, 0.5) is 0 Å². The van der Waals surface area contributed by atoms with Crippen LogP contribution in [0.5, 0.6) is 0 Å². The zero-order valence-electron chi connectivity index (χ0n) is 31.7. The van der Waals surface area contributed by atoms with Crippen molar-refractivity contribution in [1.82, 2.24) is 0 Å². The summed E-state index contributed by atoms with van der Waals surface area (Å²) in [5.41, 5.74) is 0. The van der Waals surface area contributed by atoms with Crippen molar-refractivity contribution < 1.29 is 11.4 Å². The number of hydrogen-bond donors (Lipinski definition) is 0. The van der Waals surface area contributed by atoms with Crippen molar-refractivity contribution in [3.05, 3.63) is 0 Å². The van der Waals surface area contributed by atoms with E-state index in [4.69, 9.17) is 11.4 Å². The highest BCUT2D eigenvalue weighted by atomic mass is 27.3. The summed E-state index contributed by atoms with van der Waals surface area (Å²) in [7, 11) is 0. The molecule has 0 atom stereocenters. The van der Waals surface area contributed by atoms with Crippen molar-refractivity contribution in [3.8, 4) is 0 Å². The predicted molar refractivity (Wildman–Crippen MR) is 202 cm³/mol. The van der Waals surface area contributed by atoms with Crippen molar-refractivity contribution in [2.45, 2.75) is 231 Å². The zero-order valence-corrected chi connectivity index (χ0v) is 34.0. The zero-order chi connectivity index (χ0) is 32.6. The Bertz CT molecular complexity index is 414. The average Bonchev–Trinajstić information content (AvgIpc) is 3.04. The molecule has 0 radical (unpaired) electrons. The van der Waals surface area contributed by atoms with Crippen molar-refractivity contribution in [2.75, 3.05) is 19.8 Å². The van der Waals surface area contributed by atoms with Gasteiger partial charge in [0.25, 0.3) is 14.1 Å². The lowest BCUT2D eigenvalue weighted by atomic mass is 10.1. The molecular weight excluding hydrogens is 570 g/mol. The summed E-state index contributed by atoms with van der Waals surface area (Å²) in [6.45, 7) is 16.0. The van der Waals surface area contributed by atoms with Crippen LogP contribution in [0, 0.1) is 0 Å². The first-order valence-corrected chi connectivity index (χ1v) is 24.4. The monoisotopic (exact) mass is 655 g/mol. The Morgan fingerprint density at radius 1 is 0.273 bits per heavy atom. The quantitative estimate of drug-likeness (QED) is 0.0497. The van der Waals surface area contributed by atoms with E-state index in [2.05, 4.69) is 41.5 Å². The first-order valence-electron chi connectivity index (χ1n) is 20.5. The molecule has 0 saturated carbocycles. The standard InChI is InChI=1S/3C8H17.3C5H11O.2Al/c3*1-3-5-7-8-6-4-2;3*1-2-3-4-5-6;;/h3*1,3-8H2,2H3;3*2-5H2,1H3;;/q;;;3*-1;;+3. The first kappa shape index (κ1) is 47.1. The maximum Gasteiger partial charge on any atom is 0.905 e. The molecular formula is C39H84Al2O3. The molecule has 0 fully saturated rings. The Balaban J connectivity index is 0. The molecule has 0 saturated heterocycles. The Labute approximate surface area is 289 Å². The summed E-state index contributed by atoms with van der Waals surface area (Å²) in [6, 6.07) is 0. The maximum atomic E-state index is 5.80. The SMILES string of the molecule is CCCCCCC[CH2][Al]([CH2]CCCCCCC)[CH2]CCCCCCC.CCCCC[O][Al]([O]CCCCC)[O]CCCCC. The smallest absolute Gasteiger partial charge is 0.454 e. The minimum Gasteiger partial charge on any atom is -0.454 e. The van der Waals surface area contributed by atoms with Gasteiger partial charge >= 0.3 is 15.1 Å². The van der Waals surface area contributed by atoms with Crippen LogP contribution in [0.1, 0.15) is 215 Å². The van der Waals surface area contributed by atoms with Gasteiger partial charge in [-0.3, -0.25) is 0 Å². The molecule has 44 heavy (non-hydrogen) atoms. The van der Waals surface area contributed by atoms with Crippen molar-refractivity contribution in [2.24, 2.45) is 0 Å². The second-order valence-electron chi connectivity index (χ2n) is 13.6. The van der Waals surface area contributed by atoms with Gasteiger partial charge in [0.2, 0.25) is 0 Å². The van der Waals surface area contributed by atoms with E-state index in [1.807, 2.05) is 0 Å². The van der Waals surface area contributed by atoms with Gasteiger partial charge in [-0.05, 0) is 19.3 Å². The van der Waals surface area contributed by atoms with Gasteiger partial charge < -0.3 is 11.4 Å². The second-order valence-corrected chi connectivity index (χ2v) is 18.6. The lowest BCUT2D eigenvalue weighted by Crippen LogP contribution is -2.28. The molecule has 0 aliphatic carbocycles. The molecule has 0 aliphatic heterocycles. The Morgan fingerprint density at radius 2 is 0.500 bits per heavy atom. The summed E-state index contributed by atoms with van der Waals surface area (Å²) in [5, 5.41) is 4.99. The third-order valence-electron chi connectivity index (χ3n) is 8.90. The van der Waals surface area contributed by atoms with Crippen LogP contribution in [0.15, 0.2) is 0 Å². The summed E-state index contributed by atoms with van der Waals surface area (Å²) < 4.78 is 17.4. The number of unbranched alkanes of at least 4 members (excludes halogenated alkanes) is 21. The fraction of sp³-hybridized carbons (Fsp3) is 1.00. The third kappa shape index (κ3) is 41.0. The third-order valence-corrected chi connectivity index (χ3v) is 14.1. The molecule has 0 spiro atoms. The average molecular weight is 655 g/mol. The van der Waals surface area contributed by atoms with E-state index in [0.717, 1.165) is 39.1 Å². The van der Waals surface area contributed by atoms with Crippen LogP contribution in [-0.4, -0.2) is 49.1 Å². The van der Waals surface area contributed by atoms with Gasteiger partial charge in [-0.25, -0.2) is 0 Å². The molecule has 0 unspecified atom stereocenters. The molecule has 3 nitrogen and oxygen atoms in total. The Kier molecular flexibility index (Phi) is 47.0. The van der Waals surface area contributed by atoms with Gasteiger partial charge in [-0.2, -0.15) is 0 Å². The molecule has 5 heteroatoms. The minimum absolute atomic E-state index is 0.410. The van der Waals surface area contributed by atoms with Gasteiger partial charge in [0.15, 0.2) is 0 Å². The van der Waals surface area contributed by atoms with Crippen LogP contribution in [0.3, 0.4) is 0 Å². The molecule has 0 amide bonds. The summed E-state index contributed by atoms with van der Waals surface area (Å²) in [5.74, 6) is 0. The normalized spacial score (nSPS) is 11.0. The van der Waals surface area contributed by atoms with E-state index >= 15 is 0 Å². The van der Waals surface area contributed by atoms with Gasteiger partial charge in [-0.1, -0.05) is 211 Å². The maximum absolute atomic E-state index is 5.80. The molecule has 0 rings (SSSR count). The largest absolute Gasteiger partial charge is 0.905 e. The van der Waals surface area contributed by atoms with E-state index in [-0.39, 0.29) is 0 Å². The fourth-order valence-corrected chi connectivity index (χ4v) is 10.6. The molecule has 0 N–H and O–H groups in total. The van der Waals surface area contributed by atoms with Gasteiger partial charge in [0.05, 0.1) is 0 Å². The fourth-order valence-electron chi connectivity index (χ4n) is 5.81. The molecule has 264 valence electrons. The van der Waals surface area contributed by atoms with Crippen LogP contribution in [0.2, 0.25) is 15.8 Å². The Morgan fingerprint density at radius 3 is 0.773 bits per heavy atom. The molecule has 0 bridgehead atoms. The summed E-state index contributed by atoms with van der Waals surface area (Å²) >= 11 is -2.27. The molecule has 0 aromatic heterocycles. The summed E-state index contributed by atoms with van der Waals surface area (Å²) in [4.78, 5) is 0. The minimum atomic E-state index is -1.86. The van der Waals surface area contributed by atoms with Crippen LogP contribution < -0.4 is 0 Å². The lowest BCUT2D eigenvalue weighted by molar-refractivity contribution is 0.0889. The first-order chi connectivity index (χ1) is 21.7. The van der Waals surface area contributed by atoms with Crippen molar-refractivity contribution in [1.29, 1.82) is 0 Å². The van der Waals surface area contributed by atoms with Crippen LogP contribution >= 0.6 is 0 Å². The van der Waals surface area contributed by atoms with Crippen molar-refractivity contribution >= 4 is 29.3 Å². The highest BCUT2D eigenvalue weighted by molar-refractivity contribution is 6.58. The van der Waals surface area contributed by atoms with E-state index in [9.17, 15) is 0 Å². The topological polar surface area (TPSA) is 27.7 Å². The van der Waals surface area contributed by atoms with Gasteiger partial charge in [-0.15, -0.1) is 0 Å². The molecule has 0 heterocycles. The van der Waals surface area contributed by atoms with Crippen LogP contribution in [0.25, 0.3) is 0 Å². The highest BCUT2D eigenvalue weighted by Gasteiger charge is 2.30. The second kappa shape index (κ2) is 43.9. The molecule has 0 aromatic carbocycles. The molecule has 0 aliphatic rings. The predicted octanol–water partition coefficient (Wildman–Crippen LogP) is 14.2.